The van der Waals surface area contributed by atoms with E-state index in [0.29, 0.717) is 12.4 Å². The average molecular weight is 356 g/mol. The van der Waals surface area contributed by atoms with E-state index in [0.717, 1.165) is 18.4 Å². The molecule has 1 atom stereocenters. The minimum absolute atomic E-state index is 0.0383. The largest absolute Gasteiger partial charge is 0.493 e. The van der Waals surface area contributed by atoms with Crippen molar-refractivity contribution in [2.75, 3.05) is 13.7 Å². The number of hydrogen-bond acceptors (Lipinski definition) is 5. The summed E-state index contributed by atoms with van der Waals surface area (Å²) in [5.41, 5.74) is 1.90. The van der Waals surface area contributed by atoms with Gasteiger partial charge in [0.05, 0.1) is 30.7 Å². The monoisotopic (exact) mass is 356 g/mol. The molecule has 3 rings (SSSR count). The Bertz CT molecular complexity index is 850. The number of nitrogens with one attached hydrogen (secondary N) is 1. The van der Waals surface area contributed by atoms with Crippen LogP contribution in [0.4, 0.5) is 5.69 Å². The fourth-order valence-electron chi connectivity index (χ4n) is 3.25. The minimum atomic E-state index is -0.588. The topological polar surface area (TPSA) is 90.7 Å². The van der Waals surface area contributed by atoms with Gasteiger partial charge in [0.2, 0.25) is 0 Å². The van der Waals surface area contributed by atoms with Gasteiger partial charge in [0.15, 0.2) is 11.5 Å². The molecule has 1 aliphatic rings. The summed E-state index contributed by atoms with van der Waals surface area (Å²) in [6.07, 6.45) is 1.64. The van der Waals surface area contributed by atoms with Gasteiger partial charge in [-0.2, -0.15) is 0 Å². The van der Waals surface area contributed by atoms with Crippen LogP contribution >= 0.6 is 0 Å². The lowest BCUT2D eigenvalue weighted by molar-refractivity contribution is -0.385. The van der Waals surface area contributed by atoms with Crippen LogP contribution in [0.3, 0.4) is 0 Å². The van der Waals surface area contributed by atoms with Crippen molar-refractivity contribution in [3.8, 4) is 11.5 Å². The van der Waals surface area contributed by atoms with Crippen molar-refractivity contribution in [3.63, 3.8) is 0 Å². The Hall–Kier alpha value is -3.09. The van der Waals surface area contributed by atoms with E-state index in [1.54, 1.807) is 6.92 Å². The first-order valence-electron chi connectivity index (χ1n) is 8.43. The Morgan fingerprint density at radius 2 is 2.08 bits per heavy atom. The summed E-state index contributed by atoms with van der Waals surface area (Å²) >= 11 is 0. The number of amides is 1. The molecule has 2 aromatic carbocycles. The number of aryl methyl sites for hydroxylation is 1. The van der Waals surface area contributed by atoms with Crippen molar-refractivity contribution in [3.05, 3.63) is 63.2 Å². The minimum Gasteiger partial charge on any atom is -0.493 e. The van der Waals surface area contributed by atoms with Gasteiger partial charge in [0.25, 0.3) is 11.6 Å². The molecule has 0 bridgehead atoms. The Morgan fingerprint density at radius 3 is 2.77 bits per heavy atom. The molecule has 0 saturated carbocycles. The normalized spacial score (nSPS) is 15.2. The molecule has 0 aliphatic heterocycles. The van der Waals surface area contributed by atoms with E-state index >= 15 is 0 Å². The Labute approximate surface area is 151 Å². The van der Waals surface area contributed by atoms with E-state index < -0.39 is 10.8 Å². The van der Waals surface area contributed by atoms with Gasteiger partial charge in [-0.15, -0.1) is 0 Å². The first-order valence-corrected chi connectivity index (χ1v) is 8.43. The number of hydrogen-bond donors (Lipinski definition) is 1. The molecule has 7 heteroatoms. The van der Waals surface area contributed by atoms with Crippen molar-refractivity contribution < 1.29 is 19.2 Å². The highest BCUT2D eigenvalue weighted by Crippen LogP contribution is 2.36. The molecular formula is C19H20N2O5. The molecule has 0 aromatic heterocycles. The number of methoxy groups -OCH3 is 1. The zero-order chi connectivity index (χ0) is 18.7. The van der Waals surface area contributed by atoms with Crippen molar-refractivity contribution >= 4 is 11.6 Å². The third-order valence-corrected chi connectivity index (χ3v) is 4.46. The van der Waals surface area contributed by atoms with E-state index in [2.05, 4.69) is 5.32 Å². The lowest BCUT2D eigenvalue weighted by atomic mass is 10.1. The van der Waals surface area contributed by atoms with Crippen LogP contribution in [-0.4, -0.2) is 24.5 Å². The highest BCUT2D eigenvalue weighted by Gasteiger charge is 2.29. The molecule has 136 valence electrons. The molecule has 0 fully saturated rings. The van der Waals surface area contributed by atoms with Crippen LogP contribution in [0.2, 0.25) is 0 Å². The molecule has 1 unspecified atom stereocenters. The number of fused-ring (bicyclic) bond motifs is 1. The highest BCUT2D eigenvalue weighted by molar-refractivity contribution is 5.99. The molecule has 0 saturated heterocycles. The van der Waals surface area contributed by atoms with E-state index in [1.807, 2.05) is 24.3 Å². The number of nitro benzene ring substituents is 1. The lowest BCUT2D eigenvalue weighted by Crippen LogP contribution is -2.27. The lowest BCUT2D eigenvalue weighted by Gasteiger charge is -2.16. The number of nitro groups is 1. The fraction of sp³-hybridized carbons (Fsp3) is 0.316. The van der Waals surface area contributed by atoms with E-state index in [1.165, 1.54) is 24.8 Å². The zero-order valence-electron chi connectivity index (χ0n) is 14.7. The second kappa shape index (κ2) is 7.43. The quantitative estimate of drug-likeness (QED) is 0.632. The molecule has 26 heavy (non-hydrogen) atoms. The summed E-state index contributed by atoms with van der Waals surface area (Å²) in [5, 5.41) is 14.3. The van der Waals surface area contributed by atoms with Gasteiger partial charge in [-0.25, -0.2) is 0 Å². The summed E-state index contributed by atoms with van der Waals surface area (Å²) in [4.78, 5) is 23.6. The van der Waals surface area contributed by atoms with Gasteiger partial charge in [-0.1, -0.05) is 24.3 Å². The summed E-state index contributed by atoms with van der Waals surface area (Å²) in [5.74, 6) is 0.0286. The smallest absolute Gasteiger partial charge is 0.286 e. The van der Waals surface area contributed by atoms with Crippen LogP contribution in [0.1, 0.15) is 40.9 Å². The summed E-state index contributed by atoms with van der Waals surface area (Å²) in [7, 11) is 1.40. The number of carbonyl (C=O) groups excluding carboxylic acids is 1. The van der Waals surface area contributed by atoms with E-state index in [-0.39, 0.29) is 23.0 Å². The molecule has 2 aromatic rings. The first kappa shape index (κ1) is 17.7. The summed E-state index contributed by atoms with van der Waals surface area (Å²) in [6, 6.07) is 10.3. The maximum absolute atomic E-state index is 12.8. The Morgan fingerprint density at radius 1 is 1.31 bits per heavy atom. The number of rotatable bonds is 6. The Kier molecular flexibility index (Phi) is 5.06. The maximum Gasteiger partial charge on any atom is 0.286 e. The predicted octanol–water partition coefficient (Wildman–Crippen LogP) is 3.42. The SMILES string of the molecule is CCOc1cc(C(=O)NC2CCc3ccccc32)c([N+](=O)[O-])cc1OC. The molecule has 1 N–H and O–H groups in total. The van der Waals surface area contributed by atoms with Gasteiger partial charge < -0.3 is 14.8 Å². The van der Waals surface area contributed by atoms with Crippen molar-refractivity contribution in [1.82, 2.24) is 5.32 Å². The van der Waals surface area contributed by atoms with Crippen molar-refractivity contribution in [2.24, 2.45) is 0 Å². The second-order valence-corrected chi connectivity index (χ2v) is 5.97. The van der Waals surface area contributed by atoms with Crippen LogP contribution < -0.4 is 14.8 Å². The molecule has 0 radical (unpaired) electrons. The molecule has 0 spiro atoms. The van der Waals surface area contributed by atoms with Crippen molar-refractivity contribution in [1.29, 1.82) is 0 Å². The van der Waals surface area contributed by atoms with E-state index in [9.17, 15) is 14.9 Å². The number of ether oxygens (including phenoxy) is 2. The van der Waals surface area contributed by atoms with Crippen LogP contribution in [0.15, 0.2) is 36.4 Å². The molecule has 0 heterocycles. The molecular weight excluding hydrogens is 336 g/mol. The van der Waals surface area contributed by atoms with E-state index in [4.69, 9.17) is 9.47 Å². The third-order valence-electron chi connectivity index (χ3n) is 4.46. The summed E-state index contributed by atoms with van der Waals surface area (Å²) < 4.78 is 10.6. The highest BCUT2D eigenvalue weighted by atomic mass is 16.6. The van der Waals surface area contributed by atoms with Crippen molar-refractivity contribution in [2.45, 2.75) is 25.8 Å². The molecule has 1 aliphatic carbocycles. The van der Waals surface area contributed by atoms with Crippen LogP contribution in [-0.2, 0) is 6.42 Å². The zero-order valence-corrected chi connectivity index (χ0v) is 14.7. The third kappa shape index (κ3) is 3.33. The van der Waals surface area contributed by atoms with Gasteiger partial charge in [-0.05, 0) is 30.9 Å². The van der Waals surface area contributed by atoms with Gasteiger partial charge >= 0.3 is 0 Å². The molecule has 7 nitrogen and oxygen atoms in total. The first-order chi connectivity index (χ1) is 12.5. The number of carbonyl (C=O) groups is 1. The molecule has 1 amide bonds. The van der Waals surface area contributed by atoms with Gasteiger partial charge in [-0.3, -0.25) is 14.9 Å². The van der Waals surface area contributed by atoms with Gasteiger partial charge in [0.1, 0.15) is 5.56 Å². The predicted molar refractivity (Wildman–Crippen MR) is 95.8 cm³/mol. The van der Waals surface area contributed by atoms with Crippen LogP contribution in [0.5, 0.6) is 11.5 Å². The average Bonchev–Trinajstić information content (AvgIpc) is 3.04. The Balaban J connectivity index is 1.93. The van der Waals surface area contributed by atoms with Crippen LogP contribution in [0.25, 0.3) is 0 Å². The standard InChI is InChI=1S/C19H20N2O5/c1-3-26-18-10-14(16(21(23)24)11-17(18)25-2)19(22)20-15-9-8-12-6-4-5-7-13(12)15/h4-7,10-11,15H,3,8-9H2,1-2H3,(H,20,22). The summed E-state index contributed by atoms with van der Waals surface area (Å²) in [6.45, 7) is 2.14. The second-order valence-electron chi connectivity index (χ2n) is 5.97. The number of benzene rings is 2. The number of nitrogens with zero attached hydrogens (tertiary/aromatic N) is 1. The fourth-order valence-corrected chi connectivity index (χ4v) is 3.25. The van der Waals surface area contributed by atoms with Crippen LogP contribution in [0, 0.1) is 10.1 Å². The van der Waals surface area contributed by atoms with Gasteiger partial charge in [0, 0.05) is 6.07 Å². The maximum atomic E-state index is 12.8.